The van der Waals surface area contributed by atoms with Crippen LogP contribution in [-0.4, -0.2) is 29.4 Å². The molecule has 7 heteroatoms. The molecule has 0 aliphatic carbocycles. The minimum absolute atomic E-state index is 0.0247. The van der Waals surface area contributed by atoms with Gasteiger partial charge in [-0.3, -0.25) is 4.79 Å². The summed E-state index contributed by atoms with van der Waals surface area (Å²) in [6.45, 7) is 5.14. The van der Waals surface area contributed by atoms with E-state index in [0.717, 1.165) is 0 Å². The zero-order chi connectivity index (χ0) is 14.1. The van der Waals surface area contributed by atoms with Gasteiger partial charge in [-0.15, -0.1) is 0 Å². The third-order valence-corrected chi connectivity index (χ3v) is 2.11. The Balaban J connectivity index is 3.61. The first kappa shape index (κ1) is 16.9. The van der Waals surface area contributed by atoms with Gasteiger partial charge in [0.05, 0.1) is 6.61 Å². The first-order chi connectivity index (χ1) is 8.34. The number of esters is 3. The van der Waals surface area contributed by atoms with E-state index < -0.39 is 22.7 Å². The molecule has 0 spiro atoms. The van der Waals surface area contributed by atoms with Crippen LogP contribution in [0.15, 0.2) is 12.2 Å². The van der Waals surface area contributed by atoms with Crippen molar-refractivity contribution >= 4 is 41.1 Å². The first-order valence-electron chi connectivity index (χ1n) is 5.20. The number of hydrogen-bond acceptors (Lipinski definition) is 5. The Morgan fingerprint density at radius 2 is 1.83 bits per heavy atom. The Labute approximate surface area is 115 Å². The molecule has 0 aliphatic rings. The lowest BCUT2D eigenvalue weighted by Crippen LogP contribution is -2.17. The minimum atomic E-state index is -1.37. The Morgan fingerprint density at radius 1 is 1.22 bits per heavy atom. The molecule has 0 bridgehead atoms. The van der Waals surface area contributed by atoms with Gasteiger partial charge in [-0.05, 0) is 19.8 Å². The van der Waals surface area contributed by atoms with Crippen LogP contribution in [0.5, 0.6) is 0 Å². The Kier molecular flexibility index (Phi) is 8.41. The normalized spacial score (nSPS) is 10.0. The summed E-state index contributed by atoms with van der Waals surface area (Å²) in [5, 5.41) is 0. The van der Waals surface area contributed by atoms with Gasteiger partial charge in [0.2, 0.25) is 4.84 Å². The molecule has 18 heavy (non-hydrogen) atoms. The summed E-state index contributed by atoms with van der Waals surface area (Å²) in [6, 6.07) is 0. The molecule has 5 nitrogen and oxygen atoms in total. The fourth-order valence-corrected chi connectivity index (χ4v) is 0.956. The smallest absolute Gasteiger partial charge is 0.347 e. The quantitative estimate of drug-likeness (QED) is 0.237. The Morgan fingerprint density at radius 3 is 2.33 bits per heavy atom. The average Bonchev–Trinajstić information content (AvgIpc) is 2.27. The molecule has 0 aliphatic heterocycles. The molecule has 0 aromatic heterocycles. The van der Waals surface area contributed by atoms with E-state index in [9.17, 15) is 14.4 Å². The van der Waals surface area contributed by atoms with Gasteiger partial charge in [-0.1, -0.05) is 29.8 Å². The molecule has 0 fully saturated rings. The van der Waals surface area contributed by atoms with Gasteiger partial charge in [-0.25, -0.2) is 9.59 Å². The predicted octanol–water partition coefficient (Wildman–Crippen LogP) is 2.15. The van der Waals surface area contributed by atoms with Gasteiger partial charge >= 0.3 is 17.9 Å². The van der Waals surface area contributed by atoms with E-state index in [1.54, 1.807) is 6.92 Å². The summed E-state index contributed by atoms with van der Waals surface area (Å²) in [5.41, 5.74) is 0.315. The number of halogens is 2. The lowest BCUT2D eigenvalue weighted by molar-refractivity contribution is -0.158. The summed E-state index contributed by atoms with van der Waals surface area (Å²) >= 11 is 10.4. The Hall–Kier alpha value is -1.07. The van der Waals surface area contributed by atoms with E-state index in [-0.39, 0.29) is 13.0 Å². The molecular formula is C11H14Cl2O5. The fourth-order valence-electron chi connectivity index (χ4n) is 0.867. The maximum Gasteiger partial charge on any atom is 0.347 e. The van der Waals surface area contributed by atoms with E-state index in [1.165, 1.54) is 0 Å². The van der Waals surface area contributed by atoms with Crippen LogP contribution in [0.4, 0.5) is 0 Å². The molecule has 0 heterocycles. The van der Waals surface area contributed by atoms with Crippen LogP contribution in [-0.2, 0) is 23.9 Å². The third kappa shape index (κ3) is 8.08. The fraction of sp³-hybridized carbons (Fsp3) is 0.545. The van der Waals surface area contributed by atoms with E-state index in [0.29, 0.717) is 18.4 Å². The van der Waals surface area contributed by atoms with E-state index >= 15 is 0 Å². The second kappa shape index (κ2) is 8.94. The highest BCUT2D eigenvalue weighted by atomic mass is 35.5. The van der Waals surface area contributed by atoms with E-state index in [1.807, 2.05) is 0 Å². The number of ether oxygens (including phenoxy) is 2. The van der Waals surface area contributed by atoms with Gasteiger partial charge < -0.3 is 9.47 Å². The SMILES string of the molecule is C=C(C)C(=O)OCCCCC(=O)OC(=O)C(Cl)Cl. The lowest BCUT2D eigenvalue weighted by atomic mass is 10.2. The molecule has 0 saturated heterocycles. The maximum atomic E-state index is 11.1. The monoisotopic (exact) mass is 296 g/mol. The van der Waals surface area contributed by atoms with Gasteiger partial charge in [0.25, 0.3) is 0 Å². The van der Waals surface area contributed by atoms with Gasteiger partial charge in [-0.2, -0.15) is 0 Å². The number of alkyl halides is 2. The topological polar surface area (TPSA) is 69.7 Å². The third-order valence-electron chi connectivity index (χ3n) is 1.75. The second-order valence-electron chi connectivity index (χ2n) is 3.47. The lowest BCUT2D eigenvalue weighted by Gasteiger charge is -2.04. The average molecular weight is 297 g/mol. The van der Waals surface area contributed by atoms with Gasteiger partial charge in [0, 0.05) is 12.0 Å². The minimum Gasteiger partial charge on any atom is -0.462 e. The summed E-state index contributed by atoms with van der Waals surface area (Å²) < 4.78 is 9.12. The number of rotatable bonds is 7. The first-order valence-corrected chi connectivity index (χ1v) is 6.07. The van der Waals surface area contributed by atoms with Crippen molar-refractivity contribution < 1.29 is 23.9 Å². The highest BCUT2D eigenvalue weighted by molar-refractivity contribution is 6.53. The molecule has 0 unspecified atom stereocenters. The van der Waals surface area contributed by atoms with Crippen LogP contribution in [0.25, 0.3) is 0 Å². The Bertz CT molecular complexity index is 338. The van der Waals surface area contributed by atoms with Crippen molar-refractivity contribution in [2.24, 2.45) is 0 Å². The molecule has 0 rings (SSSR count). The van der Waals surface area contributed by atoms with Crippen molar-refractivity contribution in [1.82, 2.24) is 0 Å². The molecule has 0 saturated carbocycles. The van der Waals surface area contributed by atoms with Crippen LogP contribution >= 0.6 is 23.2 Å². The van der Waals surface area contributed by atoms with Crippen LogP contribution < -0.4 is 0 Å². The highest BCUT2D eigenvalue weighted by Gasteiger charge is 2.17. The molecule has 0 aromatic rings. The van der Waals surface area contributed by atoms with Crippen molar-refractivity contribution in [3.63, 3.8) is 0 Å². The summed E-state index contributed by atoms with van der Waals surface area (Å²) in [5.74, 6) is -2.17. The molecular weight excluding hydrogens is 283 g/mol. The van der Waals surface area contributed by atoms with Crippen LogP contribution in [0.2, 0.25) is 0 Å². The summed E-state index contributed by atoms with van der Waals surface area (Å²) in [6.07, 6.45) is 0.926. The zero-order valence-electron chi connectivity index (χ0n) is 9.91. The standard InChI is InChI=1S/C11H14Cl2O5/c1-7(2)10(15)17-6-4-3-5-8(14)18-11(16)9(12)13/h9H,1,3-6H2,2H3. The van der Waals surface area contributed by atoms with Crippen molar-refractivity contribution in [2.45, 2.75) is 31.0 Å². The summed E-state index contributed by atoms with van der Waals surface area (Å²) in [4.78, 5) is 31.5. The molecule has 102 valence electrons. The molecule has 0 amide bonds. The second-order valence-corrected chi connectivity index (χ2v) is 4.56. The zero-order valence-corrected chi connectivity index (χ0v) is 11.4. The maximum absolute atomic E-state index is 11.1. The van der Waals surface area contributed by atoms with Crippen molar-refractivity contribution in [3.05, 3.63) is 12.2 Å². The van der Waals surface area contributed by atoms with Crippen molar-refractivity contribution in [3.8, 4) is 0 Å². The molecule has 0 radical (unpaired) electrons. The van der Waals surface area contributed by atoms with Crippen LogP contribution in [0, 0.1) is 0 Å². The number of hydrogen-bond donors (Lipinski definition) is 0. The van der Waals surface area contributed by atoms with Gasteiger partial charge in [0.1, 0.15) is 0 Å². The molecule has 0 N–H and O–H groups in total. The van der Waals surface area contributed by atoms with Crippen LogP contribution in [0.3, 0.4) is 0 Å². The molecule has 0 aromatic carbocycles. The number of carbonyl (C=O) groups excluding carboxylic acids is 3. The van der Waals surface area contributed by atoms with Gasteiger partial charge in [0.15, 0.2) is 0 Å². The van der Waals surface area contributed by atoms with Crippen molar-refractivity contribution in [2.75, 3.05) is 6.61 Å². The summed E-state index contributed by atoms with van der Waals surface area (Å²) in [7, 11) is 0. The number of carbonyl (C=O) groups is 3. The van der Waals surface area contributed by atoms with Crippen LogP contribution in [0.1, 0.15) is 26.2 Å². The number of unbranched alkanes of at least 4 members (excludes halogenated alkanes) is 1. The van der Waals surface area contributed by atoms with E-state index in [2.05, 4.69) is 11.3 Å². The van der Waals surface area contributed by atoms with E-state index in [4.69, 9.17) is 27.9 Å². The van der Waals surface area contributed by atoms with Crippen molar-refractivity contribution in [1.29, 1.82) is 0 Å². The highest BCUT2D eigenvalue weighted by Crippen LogP contribution is 2.06. The molecule has 0 atom stereocenters. The predicted molar refractivity (Wildman–Crippen MR) is 66.2 cm³/mol. The largest absolute Gasteiger partial charge is 0.462 e.